The van der Waals surface area contributed by atoms with Gasteiger partial charge in [0.05, 0.1) is 17.3 Å². The van der Waals surface area contributed by atoms with Crippen LogP contribution in [0, 0.1) is 17.1 Å². The molecule has 4 nitrogen and oxygen atoms in total. The Labute approximate surface area is 120 Å². The van der Waals surface area contributed by atoms with Crippen molar-refractivity contribution in [3.63, 3.8) is 0 Å². The molecule has 0 spiro atoms. The number of halogens is 2. The second kappa shape index (κ2) is 6.42. The van der Waals surface area contributed by atoms with Gasteiger partial charge in [-0.15, -0.1) is 0 Å². The summed E-state index contributed by atoms with van der Waals surface area (Å²) < 4.78 is 18.7. The molecule has 1 aromatic heterocycles. The summed E-state index contributed by atoms with van der Waals surface area (Å²) in [6.45, 7) is 2.62. The first kappa shape index (κ1) is 14.4. The van der Waals surface area contributed by atoms with Crippen LogP contribution in [0.5, 0.6) is 0 Å². The van der Waals surface area contributed by atoms with Gasteiger partial charge in [-0.2, -0.15) is 5.26 Å². The van der Waals surface area contributed by atoms with Crippen molar-refractivity contribution in [1.82, 2.24) is 9.97 Å². The minimum Gasteiger partial charge on any atom is -0.374 e. The van der Waals surface area contributed by atoms with Gasteiger partial charge in [0.1, 0.15) is 17.6 Å². The van der Waals surface area contributed by atoms with E-state index in [4.69, 9.17) is 21.6 Å². The summed E-state index contributed by atoms with van der Waals surface area (Å²) in [6, 6.07) is 7.42. The van der Waals surface area contributed by atoms with E-state index < -0.39 is 5.82 Å². The molecule has 1 heterocycles. The molecule has 0 saturated carbocycles. The van der Waals surface area contributed by atoms with Crippen molar-refractivity contribution in [2.75, 3.05) is 6.61 Å². The van der Waals surface area contributed by atoms with Crippen molar-refractivity contribution in [2.45, 2.75) is 13.5 Å². The smallest absolute Gasteiger partial charge is 0.156 e. The highest BCUT2D eigenvalue weighted by atomic mass is 35.5. The molecule has 2 rings (SSSR count). The maximum Gasteiger partial charge on any atom is 0.156 e. The summed E-state index contributed by atoms with van der Waals surface area (Å²) in [5.41, 5.74) is 1.15. The second-order valence-corrected chi connectivity index (χ2v) is 4.36. The minimum absolute atomic E-state index is 0.223. The van der Waals surface area contributed by atoms with Crippen LogP contribution in [0.25, 0.3) is 11.3 Å². The molecule has 0 amide bonds. The van der Waals surface area contributed by atoms with E-state index >= 15 is 0 Å². The van der Waals surface area contributed by atoms with Crippen molar-refractivity contribution in [2.24, 2.45) is 0 Å². The second-order valence-electron chi connectivity index (χ2n) is 3.97. The Morgan fingerprint density at radius 3 is 2.80 bits per heavy atom. The number of rotatable bonds is 4. The fourth-order valence-corrected chi connectivity index (χ4v) is 1.87. The van der Waals surface area contributed by atoms with Crippen molar-refractivity contribution in [3.8, 4) is 17.3 Å². The van der Waals surface area contributed by atoms with Crippen LogP contribution in [-0.2, 0) is 11.3 Å². The van der Waals surface area contributed by atoms with Gasteiger partial charge in [0.15, 0.2) is 5.82 Å². The van der Waals surface area contributed by atoms with Crippen LogP contribution in [0.2, 0.25) is 5.15 Å². The van der Waals surface area contributed by atoms with Crippen LogP contribution in [-0.4, -0.2) is 16.6 Å². The van der Waals surface area contributed by atoms with Gasteiger partial charge in [-0.1, -0.05) is 11.6 Å². The standard InChI is InChI=1S/C14H11ClFN3O/c1-2-20-8-14-18-12(6-13(15)19-14)10-3-9(7-17)4-11(16)5-10/h3-6H,2,8H2,1H3. The highest BCUT2D eigenvalue weighted by Gasteiger charge is 2.08. The topological polar surface area (TPSA) is 58.8 Å². The van der Waals surface area contributed by atoms with Crippen molar-refractivity contribution in [1.29, 1.82) is 5.26 Å². The fourth-order valence-electron chi connectivity index (χ4n) is 1.67. The van der Waals surface area contributed by atoms with Gasteiger partial charge >= 0.3 is 0 Å². The third-order valence-corrected chi connectivity index (χ3v) is 2.69. The predicted octanol–water partition coefficient (Wildman–Crippen LogP) is 3.34. The molecule has 0 aliphatic carbocycles. The SMILES string of the molecule is CCOCc1nc(Cl)cc(-c2cc(F)cc(C#N)c2)n1. The van der Waals surface area contributed by atoms with E-state index in [0.29, 0.717) is 23.7 Å². The van der Waals surface area contributed by atoms with E-state index in [1.165, 1.54) is 12.1 Å². The maximum absolute atomic E-state index is 13.5. The van der Waals surface area contributed by atoms with Crippen molar-refractivity contribution >= 4 is 11.6 Å². The van der Waals surface area contributed by atoms with Gasteiger partial charge in [-0.05, 0) is 25.1 Å². The van der Waals surface area contributed by atoms with Crippen molar-refractivity contribution < 1.29 is 9.13 Å². The Hall–Kier alpha value is -2.03. The normalized spacial score (nSPS) is 10.3. The Balaban J connectivity index is 2.44. The fraction of sp³-hybridized carbons (Fsp3) is 0.214. The van der Waals surface area contributed by atoms with Crippen LogP contribution in [0.3, 0.4) is 0 Å². The molecular weight excluding hydrogens is 281 g/mol. The molecular formula is C14H11ClFN3O. The third-order valence-electron chi connectivity index (χ3n) is 2.50. The lowest BCUT2D eigenvalue weighted by Crippen LogP contribution is -2.01. The summed E-state index contributed by atoms with van der Waals surface area (Å²) >= 11 is 5.93. The molecule has 1 aromatic carbocycles. The number of hydrogen-bond donors (Lipinski definition) is 0. The average molecular weight is 292 g/mol. The van der Waals surface area contributed by atoms with Gasteiger partial charge < -0.3 is 4.74 Å². The van der Waals surface area contributed by atoms with Crippen LogP contribution in [0.4, 0.5) is 4.39 Å². The molecule has 0 unspecified atom stereocenters. The Bertz CT molecular complexity index is 670. The zero-order chi connectivity index (χ0) is 14.5. The van der Waals surface area contributed by atoms with Crippen LogP contribution < -0.4 is 0 Å². The molecule has 0 bridgehead atoms. The summed E-state index contributed by atoms with van der Waals surface area (Å²) in [7, 11) is 0. The Morgan fingerprint density at radius 2 is 2.10 bits per heavy atom. The highest BCUT2D eigenvalue weighted by Crippen LogP contribution is 2.22. The van der Waals surface area contributed by atoms with Crippen molar-refractivity contribution in [3.05, 3.63) is 46.6 Å². The molecule has 0 N–H and O–H groups in total. The van der Waals surface area contributed by atoms with Gasteiger partial charge in [0.25, 0.3) is 0 Å². The van der Waals surface area contributed by atoms with E-state index in [0.717, 1.165) is 6.07 Å². The quantitative estimate of drug-likeness (QED) is 0.811. The summed E-state index contributed by atoms with van der Waals surface area (Å²) in [5.74, 6) is -0.0859. The molecule has 0 radical (unpaired) electrons. The monoisotopic (exact) mass is 291 g/mol. The lowest BCUT2D eigenvalue weighted by molar-refractivity contribution is 0.128. The van der Waals surface area contributed by atoms with Crippen LogP contribution in [0.15, 0.2) is 24.3 Å². The Morgan fingerprint density at radius 1 is 1.30 bits per heavy atom. The number of ether oxygens (including phenoxy) is 1. The molecule has 20 heavy (non-hydrogen) atoms. The van der Waals surface area contributed by atoms with Gasteiger partial charge in [-0.3, -0.25) is 0 Å². The first-order valence-electron chi connectivity index (χ1n) is 5.94. The number of nitriles is 1. The van der Waals surface area contributed by atoms with Crippen LogP contribution in [0.1, 0.15) is 18.3 Å². The molecule has 0 aliphatic heterocycles. The molecule has 0 aliphatic rings. The molecule has 0 fully saturated rings. The van der Waals surface area contributed by atoms with Gasteiger partial charge in [0.2, 0.25) is 0 Å². The molecule has 2 aromatic rings. The molecule has 0 atom stereocenters. The zero-order valence-corrected chi connectivity index (χ0v) is 11.5. The van der Waals surface area contributed by atoms with E-state index in [9.17, 15) is 4.39 Å². The lowest BCUT2D eigenvalue weighted by Gasteiger charge is -2.06. The average Bonchev–Trinajstić information content (AvgIpc) is 2.43. The largest absolute Gasteiger partial charge is 0.374 e. The number of benzene rings is 1. The lowest BCUT2D eigenvalue weighted by atomic mass is 10.1. The first-order chi connectivity index (χ1) is 9.62. The Kier molecular flexibility index (Phi) is 4.61. The number of nitrogens with zero attached hydrogens (tertiary/aromatic N) is 3. The van der Waals surface area contributed by atoms with Gasteiger partial charge in [0, 0.05) is 18.2 Å². The summed E-state index contributed by atoms with van der Waals surface area (Å²) in [5, 5.41) is 9.11. The number of aromatic nitrogens is 2. The first-order valence-corrected chi connectivity index (χ1v) is 6.32. The molecule has 6 heteroatoms. The minimum atomic E-state index is -0.500. The molecule has 0 saturated heterocycles. The van der Waals surface area contributed by atoms with E-state index in [-0.39, 0.29) is 17.3 Å². The molecule has 102 valence electrons. The van der Waals surface area contributed by atoms with E-state index in [1.54, 1.807) is 6.07 Å². The van der Waals surface area contributed by atoms with E-state index in [2.05, 4.69) is 9.97 Å². The van der Waals surface area contributed by atoms with E-state index in [1.807, 2.05) is 13.0 Å². The summed E-state index contributed by atoms with van der Waals surface area (Å²) in [4.78, 5) is 8.29. The van der Waals surface area contributed by atoms with Crippen LogP contribution >= 0.6 is 11.6 Å². The number of hydrogen-bond acceptors (Lipinski definition) is 4. The highest BCUT2D eigenvalue weighted by molar-refractivity contribution is 6.29. The maximum atomic E-state index is 13.5. The van der Waals surface area contributed by atoms with Gasteiger partial charge in [-0.25, -0.2) is 14.4 Å². The predicted molar refractivity (Wildman–Crippen MR) is 72.5 cm³/mol. The third kappa shape index (κ3) is 3.50. The zero-order valence-electron chi connectivity index (χ0n) is 10.7. The summed E-state index contributed by atoms with van der Waals surface area (Å²) in [6.07, 6.45) is 0.